The van der Waals surface area contributed by atoms with Gasteiger partial charge in [0.2, 0.25) is 5.91 Å². The van der Waals surface area contributed by atoms with Gasteiger partial charge in [0.25, 0.3) is 0 Å². The Morgan fingerprint density at radius 1 is 1.41 bits per heavy atom. The molecule has 6 heteroatoms. The van der Waals surface area contributed by atoms with Crippen LogP contribution in [0.1, 0.15) is 0 Å². The summed E-state index contributed by atoms with van der Waals surface area (Å²) >= 11 is 0. The summed E-state index contributed by atoms with van der Waals surface area (Å²) in [6.45, 7) is 0.319. The third kappa shape index (κ3) is 1.58. The number of ether oxygens (including phenoxy) is 2. The first-order valence-electron chi connectivity index (χ1n) is 7.09. The second kappa shape index (κ2) is 4.33. The number of benzene rings is 1. The standard InChI is InChI=1S/C16H15NO5/c1-21-10-4-2-9(3-5-10)17-8-16-7-6-11(22-16)12(15(19)20)13(16)14(17)18/h2-7,11-13H,8H2,1H3,(H,19,20)/p-1/t11-,12+,13-,16-/m1/s1. The Labute approximate surface area is 126 Å². The van der Waals surface area contributed by atoms with Crippen LogP contribution in [-0.4, -0.2) is 37.2 Å². The third-order valence-electron chi connectivity index (χ3n) is 4.76. The molecule has 2 fully saturated rings. The molecule has 1 spiro atoms. The second-order valence-corrected chi connectivity index (χ2v) is 5.84. The number of carboxylic acid groups (broad SMARTS) is 1. The predicted molar refractivity (Wildman–Crippen MR) is 74.1 cm³/mol. The lowest BCUT2D eigenvalue weighted by molar-refractivity contribution is -0.313. The Bertz CT molecular complexity index is 682. The van der Waals surface area contributed by atoms with Gasteiger partial charge < -0.3 is 24.3 Å². The molecule has 3 heterocycles. The van der Waals surface area contributed by atoms with Crippen molar-refractivity contribution in [3.8, 4) is 5.75 Å². The van der Waals surface area contributed by atoms with Crippen LogP contribution in [0.4, 0.5) is 5.69 Å². The Morgan fingerprint density at radius 2 is 2.14 bits per heavy atom. The summed E-state index contributed by atoms with van der Waals surface area (Å²) in [5.74, 6) is -2.40. The van der Waals surface area contributed by atoms with Crippen LogP contribution in [0.5, 0.6) is 5.75 Å². The van der Waals surface area contributed by atoms with Crippen LogP contribution >= 0.6 is 0 Å². The average molecular weight is 300 g/mol. The lowest BCUT2D eigenvalue weighted by Crippen LogP contribution is -2.45. The molecule has 6 nitrogen and oxygen atoms in total. The predicted octanol–water partition coefficient (Wildman–Crippen LogP) is -0.269. The number of fused-ring (bicyclic) bond motifs is 1. The van der Waals surface area contributed by atoms with Crippen molar-refractivity contribution in [3.05, 3.63) is 36.4 Å². The van der Waals surface area contributed by atoms with Gasteiger partial charge in [-0.1, -0.05) is 12.2 Å². The fourth-order valence-electron chi connectivity index (χ4n) is 3.75. The van der Waals surface area contributed by atoms with Crippen molar-refractivity contribution in [3.63, 3.8) is 0 Å². The van der Waals surface area contributed by atoms with Crippen molar-refractivity contribution in [2.24, 2.45) is 11.8 Å². The molecule has 114 valence electrons. The maximum atomic E-state index is 12.7. The lowest BCUT2D eigenvalue weighted by Gasteiger charge is -2.24. The monoisotopic (exact) mass is 300 g/mol. The van der Waals surface area contributed by atoms with Crippen LogP contribution in [0.25, 0.3) is 0 Å². The molecular weight excluding hydrogens is 286 g/mol. The smallest absolute Gasteiger partial charge is 0.234 e. The number of aliphatic carboxylic acids is 1. The Balaban J connectivity index is 1.70. The van der Waals surface area contributed by atoms with E-state index in [9.17, 15) is 14.7 Å². The fraction of sp³-hybridized carbons (Fsp3) is 0.375. The van der Waals surface area contributed by atoms with E-state index in [2.05, 4.69) is 0 Å². The Morgan fingerprint density at radius 3 is 2.77 bits per heavy atom. The molecule has 1 amide bonds. The van der Waals surface area contributed by atoms with Crippen molar-refractivity contribution < 1.29 is 24.2 Å². The number of anilines is 1. The van der Waals surface area contributed by atoms with Crippen LogP contribution < -0.4 is 14.7 Å². The van der Waals surface area contributed by atoms with E-state index in [4.69, 9.17) is 9.47 Å². The van der Waals surface area contributed by atoms with Crippen LogP contribution in [0.2, 0.25) is 0 Å². The SMILES string of the molecule is COc1ccc(N2C[C@@]34C=C[C@@H](O3)[C@H](C(=O)[O-])[C@@H]4C2=O)cc1. The second-order valence-electron chi connectivity index (χ2n) is 5.84. The van der Waals surface area contributed by atoms with Gasteiger partial charge in [-0.3, -0.25) is 4.79 Å². The number of hydrogen-bond donors (Lipinski definition) is 0. The van der Waals surface area contributed by atoms with Crippen LogP contribution in [0.15, 0.2) is 36.4 Å². The maximum absolute atomic E-state index is 12.7. The highest BCUT2D eigenvalue weighted by Gasteiger charge is 2.65. The van der Waals surface area contributed by atoms with E-state index in [1.807, 2.05) is 6.08 Å². The first-order chi connectivity index (χ1) is 10.6. The van der Waals surface area contributed by atoms with Gasteiger partial charge in [-0.25, -0.2) is 0 Å². The molecule has 3 aliphatic rings. The molecule has 2 saturated heterocycles. The third-order valence-corrected chi connectivity index (χ3v) is 4.76. The summed E-state index contributed by atoms with van der Waals surface area (Å²) in [7, 11) is 1.57. The van der Waals surface area contributed by atoms with Crippen molar-refractivity contribution in [2.45, 2.75) is 11.7 Å². The molecule has 0 N–H and O–H groups in total. The number of carbonyl (C=O) groups is 2. The summed E-state index contributed by atoms with van der Waals surface area (Å²) in [5, 5.41) is 11.4. The molecule has 22 heavy (non-hydrogen) atoms. The van der Waals surface area contributed by atoms with Gasteiger partial charge in [0, 0.05) is 17.6 Å². The Kier molecular flexibility index (Phi) is 2.62. The zero-order valence-corrected chi connectivity index (χ0v) is 11.9. The van der Waals surface area contributed by atoms with E-state index >= 15 is 0 Å². The number of methoxy groups -OCH3 is 1. The van der Waals surface area contributed by atoms with Crippen LogP contribution in [0.3, 0.4) is 0 Å². The highest BCUT2D eigenvalue weighted by atomic mass is 16.5. The minimum Gasteiger partial charge on any atom is -0.550 e. The molecule has 0 saturated carbocycles. The van der Waals surface area contributed by atoms with Gasteiger partial charge in [0.05, 0.1) is 25.7 Å². The Hall–Kier alpha value is -2.34. The van der Waals surface area contributed by atoms with E-state index in [1.165, 1.54) is 0 Å². The molecule has 4 rings (SSSR count). The minimum atomic E-state index is -1.23. The topological polar surface area (TPSA) is 78.9 Å². The molecule has 4 atom stereocenters. The first-order valence-corrected chi connectivity index (χ1v) is 7.09. The number of carbonyl (C=O) groups excluding carboxylic acids is 2. The highest BCUT2D eigenvalue weighted by molar-refractivity contribution is 6.02. The van der Waals surface area contributed by atoms with E-state index in [0.717, 1.165) is 0 Å². The number of amides is 1. The molecule has 2 bridgehead atoms. The summed E-state index contributed by atoms with van der Waals surface area (Å²) in [4.78, 5) is 25.7. The van der Waals surface area contributed by atoms with Gasteiger partial charge in [0.1, 0.15) is 11.4 Å². The normalized spacial score (nSPS) is 35.0. The maximum Gasteiger partial charge on any atom is 0.234 e. The minimum absolute atomic E-state index is 0.230. The largest absolute Gasteiger partial charge is 0.550 e. The first kappa shape index (κ1) is 13.3. The van der Waals surface area contributed by atoms with Crippen molar-refractivity contribution in [2.75, 3.05) is 18.6 Å². The summed E-state index contributed by atoms with van der Waals surface area (Å²) in [5.41, 5.74) is -0.140. The van der Waals surface area contributed by atoms with E-state index < -0.39 is 29.5 Å². The summed E-state index contributed by atoms with van der Waals surface area (Å²) < 4.78 is 10.9. The lowest BCUT2D eigenvalue weighted by atomic mass is 9.77. The molecule has 1 aromatic rings. The van der Waals surface area contributed by atoms with Gasteiger partial charge in [-0.15, -0.1) is 0 Å². The number of rotatable bonds is 3. The van der Waals surface area contributed by atoms with Crippen molar-refractivity contribution >= 4 is 17.6 Å². The van der Waals surface area contributed by atoms with Crippen LogP contribution in [-0.2, 0) is 14.3 Å². The summed E-state index contributed by atoms with van der Waals surface area (Å²) in [6, 6.07) is 7.08. The van der Waals surface area contributed by atoms with Crippen molar-refractivity contribution in [1.29, 1.82) is 0 Å². The molecule has 0 unspecified atom stereocenters. The van der Waals surface area contributed by atoms with Gasteiger partial charge in [-0.05, 0) is 24.3 Å². The van der Waals surface area contributed by atoms with Crippen molar-refractivity contribution in [1.82, 2.24) is 0 Å². The molecule has 0 aliphatic carbocycles. The van der Waals surface area contributed by atoms with Crippen LogP contribution in [0, 0.1) is 11.8 Å². The van der Waals surface area contributed by atoms with E-state index in [1.54, 1.807) is 42.4 Å². The number of nitrogens with zero attached hydrogens (tertiary/aromatic N) is 1. The molecule has 0 aromatic heterocycles. The zero-order chi connectivity index (χ0) is 15.5. The van der Waals surface area contributed by atoms with Gasteiger partial charge in [-0.2, -0.15) is 0 Å². The van der Waals surface area contributed by atoms with Gasteiger partial charge >= 0.3 is 0 Å². The number of hydrogen-bond acceptors (Lipinski definition) is 5. The zero-order valence-electron chi connectivity index (χ0n) is 11.9. The van der Waals surface area contributed by atoms with E-state index in [0.29, 0.717) is 18.0 Å². The average Bonchev–Trinajstić information content (AvgIpc) is 3.15. The van der Waals surface area contributed by atoms with Gasteiger partial charge in [0.15, 0.2) is 0 Å². The summed E-state index contributed by atoms with van der Waals surface area (Å²) in [6.07, 6.45) is 2.99. The van der Waals surface area contributed by atoms with E-state index in [-0.39, 0.29) is 5.91 Å². The molecule has 1 aromatic carbocycles. The molecule has 3 aliphatic heterocycles. The quantitative estimate of drug-likeness (QED) is 0.718. The highest BCUT2D eigenvalue weighted by Crippen LogP contribution is 2.52. The molecular formula is C16H14NO5-. The fourth-order valence-corrected chi connectivity index (χ4v) is 3.75. The molecule has 0 radical (unpaired) electrons. The number of carboxylic acids is 1.